The van der Waals surface area contributed by atoms with Crippen molar-refractivity contribution in [1.82, 2.24) is 15.3 Å². The molecular weight excluding hydrogens is 264 g/mol. The molecule has 1 N–H and O–H groups in total. The summed E-state index contributed by atoms with van der Waals surface area (Å²) in [7, 11) is 0. The monoisotopic (exact) mass is 290 g/mol. The van der Waals surface area contributed by atoms with Gasteiger partial charge in [0.15, 0.2) is 0 Å². The van der Waals surface area contributed by atoms with E-state index in [1.807, 2.05) is 26.8 Å². The second-order valence-electron chi connectivity index (χ2n) is 5.73. The summed E-state index contributed by atoms with van der Waals surface area (Å²) in [6.07, 6.45) is 4.17. The number of hydrogen-bond acceptors (Lipinski definition) is 4. The van der Waals surface area contributed by atoms with Crippen LogP contribution < -0.4 is 10.2 Å². The second kappa shape index (κ2) is 7.38. The molecule has 2 heterocycles. The highest BCUT2D eigenvalue weighted by atomic mass is 16.1. The zero-order valence-electron chi connectivity index (χ0n) is 13.4. The lowest BCUT2D eigenvalue weighted by Crippen LogP contribution is -2.30. The van der Waals surface area contributed by atoms with Gasteiger partial charge in [-0.05, 0) is 38.7 Å². The third-order valence-corrected chi connectivity index (χ3v) is 4.08. The maximum absolute atomic E-state index is 12.0. The first-order valence-corrected chi connectivity index (χ1v) is 8.01. The zero-order valence-corrected chi connectivity index (χ0v) is 13.4. The Morgan fingerprint density at radius 1 is 1.29 bits per heavy atom. The summed E-state index contributed by atoms with van der Waals surface area (Å²) in [5, 5.41) is 3.00. The summed E-state index contributed by atoms with van der Waals surface area (Å²) in [5.41, 5.74) is 1.85. The molecule has 1 aromatic heterocycles. The minimum atomic E-state index is 0.103. The van der Waals surface area contributed by atoms with Gasteiger partial charge in [0.2, 0.25) is 11.9 Å². The van der Waals surface area contributed by atoms with E-state index in [0.29, 0.717) is 6.54 Å². The third kappa shape index (κ3) is 4.16. The van der Waals surface area contributed by atoms with Crippen LogP contribution in [0.15, 0.2) is 6.07 Å². The van der Waals surface area contributed by atoms with Gasteiger partial charge in [0.25, 0.3) is 0 Å². The number of nitrogens with zero attached hydrogens (tertiary/aromatic N) is 3. The average molecular weight is 290 g/mol. The molecule has 0 aliphatic carbocycles. The third-order valence-electron chi connectivity index (χ3n) is 4.08. The summed E-state index contributed by atoms with van der Waals surface area (Å²) >= 11 is 0. The Balaban J connectivity index is 2.01. The van der Waals surface area contributed by atoms with Gasteiger partial charge in [-0.1, -0.05) is 13.8 Å². The highest BCUT2D eigenvalue weighted by molar-refractivity contribution is 5.78. The second-order valence-corrected chi connectivity index (χ2v) is 5.73. The van der Waals surface area contributed by atoms with Gasteiger partial charge in [0.05, 0.1) is 12.2 Å². The minimum Gasteiger partial charge on any atom is -0.350 e. The summed E-state index contributed by atoms with van der Waals surface area (Å²) in [5.74, 6) is 1.03. The topological polar surface area (TPSA) is 58.1 Å². The van der Waals surface area contributed by atoms with E-state index in [2.05, 4.69) is 20.2 Å². The van der Waals surface area contributed by atoms with Gasteiger partial charge in [0, 0.05) is 24.7 Å². The maximum Gasteiger partial charge on any atom is 0.225 e. The highest BCUT2D eigenvalue weighted by Crippen LogP contribution is 2.16. The fraction of sp³-hybridized carbons (Fsp3) is 0.688. The van der Waals surface area contributed by atoms with E-state index < -0.39 is 0 Å². The van der Waals surface area contributed by atoms with E-state index >= 15 is 0 Å². The number of hydrogen-bond donors (Lipinski definition) is 1. The van der Waals surface area contributed by atoms with Gasteiger partial charge in [-0.15, -0.1) is 0 Å². The predicted octanol–water partition coefficient (Wildman–Crippen LogP) is 2.44. The molecule has 1 fully saturated rings. The molecule has 0 atom stereocenters. The van der Waals surface area contributed by atoms with Crippen LogP contribution in [0.2, 0.25) is 0 Å². The highest BCUT2D eigenvalue weighted by Gasteiger charge is 2.17. The number of anilines is 1. The minimum absolute atomic E-state index is 0.103. The molecule has 0 bridgehead atoms. The molecule has 0 spiro atoms. The summed E-state index contributed by atoms with van der Waals surface area (Å²) < 4.78 is 0. The van der Waals surface area contributed by atoms with Gasteiger partial charge in [0.1, 0.15) is 0 Å². The first kappa shape index (κ1) is 15.7. The van der Waals surface area contributed by atoms with Crippen LogP contribution in [0.4, 0.5) is 5.95 Å². The Morgan fingerprint density at radius 3 is 2.57 bits per heavy atom. The van der Waals surface area contributed by atoms with Crippen molar-refractivity contribution in [3.63, 3.8) is 0 Å². The summed E-state index contributed by atoms with van der Waals surface area (Å²) in [4.78, 5) is 23.4. The lowest BCUT2D eigenvalue weighted by atomic mass is 10.0. The lowest BCUT2D eigenvalue weighted by molar-refractivity contribution is -0.125. The van der Waals surface area contributed by atoms with Crippen LogP contribution in [0.3, 0.4) is 0 Å². The number of carbonyl (C=O) groups excluding carboxylic acids is 1. The molecule has 0 unspecified atom stereocenters. The Hall–Kier alpha value is -1.65. The van der Waals surface area contributed by atoms with Gasteiger partial charge < -0.3 is 10.2 Å². The number of nitrogens with one attached hydrogen (secondary N) is 1. The van der Waals surface area contributed by atoms with Crippen LogP contribution in [-0.2, 0) is 11.3 Å². The molecule has 1 amide bonds. The van der Waals surface area contributed by atoms with E-state index in [4.69, 9.17) is 0 Å². The Morgan fingerprint density at radius 2 is 1.95 bits per heavy atom. The first-order valence-electron chi connectivity index (χ1n) is 8.01. The molecule has 0 radical (unpaired) electrons. The van der Waals surface area contributed by atoms with Crippen LogP contribution >= 0.6 is 0 Å². The Bertz CT molecular complexity index is 479. The Labute approximate surface area is 127 Å². The lowest BCUT2D eigenvalue weighted by Gasteiger charge is -2.17. The molecule has 2 rings (SSSR count). The summed E-state index contributed by atoms with van der Waals surface area (Å²) in [6.45, 7) is 8.63. The molecule has 1 saturated heterocycles. The summed E-state index contributed by atoms with van der Waals surface area (Å²) in [6, 6.07) is 1.95. The van der Waals surface area contributed by atoms with Crippen molar-refractivity contribution in [3.8, 4) is 0 Å². The molecule has 0 aromatic carbocycles. The normalized spacial score (nSPS) is 14.8. The van der Waals surface area contributed by atoms with E-state index in [1.54, 1.807) is 0 Å². The van der Waals surface area contributed by atoms with Gasteiger partial charge in [-0.3, -0.25) is 4.79 Å². The van der Waals surface area contributed by atoms with Crippen molar-refractivity contribution < 1.29 is 4.79 Å². The van der Waals surface area contributed by atoms with Gasteiger partial charge >= 0.3 is 0 Å². The van der Waals surface area contributed by atoms with Crippen molar-refractivity contribution in [1.29, 1.82) is 0 Å². The van der Waals surface area contributed by atoms with Crippen LogP contribution in [0.5, 0.6) is 0 Å². The molecule has 116 valence electrons. The smallest absolute Gasteiger partial charge is 0.225 e. The molecule has 0 saturated carbocycles. The number of amides is 1. The van der Waals surface area contributed by atoms with Crippen molar-refractivity contribution in [2.75, 3.05) is 18.0 Å². The number of carbonyl (C=O) groups is 1. The predicted molar refractivity (Wildman–Crippen MR) is 84.1 cm³/mol. The molecular formula is C16H26N4O. The van der Waals surface area contributed by atoms with Gasteiger partial charge in [-0.2, -0.15) is 0 Å². The molecule has 21 heavy (non-hydrogen) atoms. The quantitative estimate of drug-likeness (QED) is 0.874. The maximum atomic E-state index is 12.0. The first-order chi connectivity index (χ1) is 10.1. The van der Waals surface area contributed by atoms with Crippen molar-refractivity contribution in [2.24, 2.45) is 5.92 Å². The van der Waals surface area contributed by atoms with Crippen LogP contribution in [-0.4, -0.2) is 29.0 Å². The SMILES string of the molecule is CCC(CC)C(=O)NCc1cc(C)nc(N2CCCC2)n1. The average Bonchev–Trinajstić information content (AvgIpc) is 3.00. The largest absolute Gasteiger partial charge is 0.350 e. The number of rotatable bonds is 6. The van der Waals surface area contributed by atoms with E-state index in [-0.39, 0.29) is 11.8 Å². The fourth-order valence-electron chi connectivity index (χ4n) is 2.75. The van der Waals surface area contributed by atoms with Crippen LogP contribution in [0.25, 0.3) is 0 Å². The molecule has 1 aliphatic heterocycles. The standard InChI is InChI=1S/C16H26N4O/c1-4-13(5-2)15(21)17-11-14-10-12(3)18-16(19-14)20-8-6-7-9-20/h10,13H,4-9,11H2,1-3H3,(H,17,21). The molecule has 1 aromatic rings. The van der Waals surface area contributed by atoms with Crippen molar-refractivity contribution in [2.45, 2.75) is 53.0 Å². The zero-order chi connectivity index (χ0) is 15.2. The van der Waals surface area contributed by atoms with E-state index in [1.165, 1.54) is 12.8 Å². The molecule has 5 heteroatoms. The number of aryl methyl sites for hydroxylation is 1. The van der Waals surface area contributed by atoms with Crippen molar-refractivity contribution >= 4 is 11.9 Å². The van der Waals surface area contributed by atoms with E-state index in [0.717, 1.165) is 43.3 Å². The van der Waals surface area contributed by atoms with E-state index in [9.17, 15) is 4.79 Å². The molecule has 1 aliphatic rings. The van der Waals surface area contributed by atoms with Crippen LogP contribution in [0.1, 0.15) is 50.9 Å². The van der Waals surface area contributed by atoms with Gasteiger partial charge in [-0.25, -0.2) is 9.97 Å². The van der Waals surface area contributed by atoms with Crippen LogP contribution in [0, 0.1) is 12.8 Å². The Kier molecular flexibility index (Phi) is 5.53. The number of aromatic nitrogens is 2. The van der Waals surface area contributed by atoms with Crippen molar-refractivity contribution in [3.05, 3.63) is 17.5 Å². The molecule has 5 nitrogen and oxygen atoms in total. The fourth-order valence-corrected chi connectivity index (χ4v) is 2.75.